The Morgan fingerprint density at radius 1 is 1.17 bits per heavy atom. The first-order chi connectivity index (χ1) is 13.9. The molecule has 0 bridgehead atoms. The summed E-state index contributed by atoms with van der Waals surface area (Å²) in [5, 5.41) is 16.1. The second-order valence-electron chi connectivity index (χ2n) is 8.07. The molecular formula is C22H38IN3O3S. The molecule has 1 saturated carbocycles. The van der Waals surface area contributed by atoms with Crippen molar-refractivity contribution in [3.8, 4) is 0 Å². The Labute approximate surface area is 199 Å². The first kappa shape index (κ1) is 27.2. The standard InChI is InChI=1S/C22H37N3O3S.HI/c1-3-19(17-29(27,28)20-11-7-5-8-12-20)25-21(23-4-2)24-18-22(15-16-26)13-9-6-10-14-22;/h5,7-8,11-12,19,26H,3-4,6,9-10,13-18H2,1-2H3,(H2,23,24,25);1H. The molecule has 0 radical (unpaired) electrons. The lowest BCUT2D eigenvalue weighted by Gasteiger charge is -2.36. The summed E-state index contributed by atoms with van der Waals surface area (Å²) in [7, 11) is -3.37. The molecule has 2 rings (SSSR count). The lowest BCUT2D eigenvalue weighted by Crippen LogP contribution is -2.46. The number of nitrogens with one attached hydrogen (secondary N) is 2. The third kappa shape index (κ3) is 8.34. The summed E-state index contributed by atoms with van der Waals surface area (Å²) < 4.78 is 25.5. The number of aliphatic imine (C=N–C) groups is 1. The highest BCUT2D eigenvalue weighted by Crippen LogP contribution is 2.39. The largest absolute Gasteiger partial charge is 0.396 e. The number of hydrogen-bond acceptors (Lipinski definition) is 4. The van der Waals surface area contributed by atoms with Crippen LogP contribution in [0.15, 0.2) is 40.2 Å². The van der Waals surface area contributed by atoms with Crippen LogP contribution >= 0.6 is 24.0 Å². The Balaban J connectivity index is 0.00000450. The van der Waals surface area contributed by atoms with Crippen molar-refractivity contribution in [3.05, 3.63) is 30.3 Å². The molecule has 0 spiro atoms. The monoisotopic (exact) mass is 551 g/mol. The van der Waals surface area contributed by atoms with Gasteiger partial charge in [-0.15, -0.1) is 24.0 Å². The van der Waals surface area contributed by atoms with Crippen LogP contribution in [-0.2, 0) is 9.84 Å². The second-order valence-corrected chi connectivity index (χ2v) is 10.1. The van der Waals surface area contributed by atoms with Crippen molar-refractivity contribution in [2.24, 2.45) is 10.4 Å². The van der Waals surface area contributed by atoms with Crippen LogP contribution in [0.2, 0.25) is 0 Å². The summed E-state index contributed by atoms with van der Waals surface area (Å²) in [5.41, 5.74) is 0.0627. The Morgan fingerprint density at radius 3 is 2.40 bits per heavy atom. The summed E-state index contributed by atoms with van der Waals surface area (Å²) in [6.07, 6.45) is 7.27. The minimum Gasteiger partial charge on any atom is -0.396 e. The zero-order valence-corrected chi connectivity index (χ0v) is 21.4. The van der Waals surface area contributed by atoms with Crippen molar-refractivity contribution in [1.29, 1.82) is 0 Å². The van der Waals surface area contributed by atoms with Crippen molar-refractivity contribution in [1.82, 2.24) is 10.6 Å². The Kier molecular flexibility index (Phi) is 12.2. The third-order valence-electron chi connectivity index (χ3n) is 5.83. The van der Waals surface area contributed by atoms with Crippen LogP contribution in [0.3, 0.4) is 0 Å². The molecule has 0 saturated heterocycles. The minimum absolute atomic E-state index is 0. The molecule has 0 aromatic heterocycles. The van der Waals surface area contributed by atoms with Crippen LogP contribution < -0.4 is 10.6 Å². The zero-order chi connectivity index (χ0) is 21.2. The number of aliphatic hydroxyl groups is 1. The van der Waals surface area contributed by atoms with E-state index >= 15 is 0 Å². The van der Waals surface area contributed by atoms with Gasteiger partial charge in [0.1, 0.15) is 0 Å². The van der Waals surface area contributed by atoms with Gasteiger partial charge in [0.15, 0.2) is 15.8 Å². The number of sulfone groups is 1. The van der Waals surface area contributed by atoms with Gasteiger partial charge in [-0.2, -0.15) is 0 Å². The van der Waals surface area contributed by atoms with Gasteiger partial charge < -0.3 is 15.7 Å². The molecule has 1 aliphatic carbocycles. The van der Waals surface area contributed by atoms with E-state index in [1.54, 1.807) is 24.3 Å². The normalized spacial score (nSPS) is 17.6. The first-order valence-corrected chi connectivity index (χ1v) is 12.5. The van der Waals surface area contributed by atoms with Gasteiger partial charge in [-0.1, -0.05) is 44.4 Å². The number of guanidine groups is 1. The number of rotatable bonds is 10. The van der Waals surface area contributed by atoms with Gasteiger partial charge in [-0.05, 0) is 50.2 Å². The van der Waals surface area contributed by atoms with Crippen LogP contribution in [0.4, 0.5) is 0 Å². The van der Waals surface area contributed by atoms with Crippen molar-refractivity contribution >= 4 is 39.8 Å². The van der Waals surface area contributed by atoms with Gasteiger partial charge in [0.05, 0.1) is 10.6 Å². The van der Waals surface area contributed by atoms with E-state index in [1.807, 2.05) is 19.9 Å². The molecule has 0 aliphatic heterocycles. The number of nitrogens with zero attached hydrogens (tertiary/aromatic N) is 1. The molecule has 1 aromatic carbocycles. The maximum absolute atomic E-state index is 12.8. The van der Waals surface area contributed by atoms with Crippen LogP contribution in [0.25, 0.3) is 0 Å². The SMILES string of the molecule is CCNC(=NCC1(CCO)CCCCC1)NC(CC)CS(=O)(=O)c1ccccc1.I. The topological polar surface area (TPSA) is 90.8 Å². The average molecular weight is 552 g/mol. The average Bonchev–Trinajstić information content (AvgIpc) is 2.73. The Hall–Kier alpha value is -0.870. The van der Waals surface area contributed by atoms with E-state index in [0.29, 0.717) is 30.4 Å². The van der Waals surface area contributed by atoms with Crippen molar-refractivity contribution < 1.29 is 13.5 Å². The van der Waals surface area contributed by atoms with E-state index in [-0.39, 0.29) is 47.8 Å². The Morgan fingerprint density at radius 2 is 1.83 bits per heavy atom. The molecule has 3 N–H and O–H groups in total. The molecule has 1 unspecified atom stereocenters. The van der Waals surface area contributed by atoms with Crippen LogP contribution in [-0.4, -0.2) is 51.0 Å². The number of aliphatic hydroxyl groups excluding tert-OH is 1. The third-order valence-corrected chi connectivity index (χ3v) is 7.66. The van der Waals surface area contributed by atoms with E-state index in [0.717, 1.165) is 19.3 Å². The van der Waals surface area contributed by atoms with E-state index in [9.17, 15) is 13.5 Å². The summed E-state index contributed by atoms with van der Waals surface area (Å²) in [4.78, 5) is 5.16. The Bertz CT molecular complexity index is 730. The van der Waals surface area contributed by atoms with Gasteiger partial charge in [0, 0.05) is 25.7 Å². The fourth-order valence-electron chi connectivity index (χ4n) is 4.04. The lowest BCUT2D eigenvalue weighted by molar-refractivity contribution is 0.137. The highest BCUT2D eigenvalue weighted by molar-refractivity contribution is 14.0. The number of hydrogen-bond donors (Lipinski definition) is 3. The summed E-state index contributed by atoms with van der Waals surface area (Å²) in [6, 6.07) is 8.37. The highest BCUT2D eigenvalue weighted by atomic mass is 127. The van der Waals surface area contributed by atoms with Crippen molar-refractivity contribution in [3.63, 3.8) is 0 Å². The molecule has 8 heteroatoms. The zero-order valence-electron chi connectivity index (χ0n) is 18.3. The summed E-state index contributed by atoms with van der Waals surface area (Å²) >= 11 is 0. The molecule has 30 heavy (non-hydrogen) atoms. The quantitative estimate of drug-likeness (QED) is 0.234. The summed E-state index contributed by atoms with van der Waals surface area (Å²) in [6.45, 7) is 5.54. The van der Waals surface area contributed by atoms with Gasteiger partial charge >= 0.3 is 0 Å². The molecule has 0 heterocycles. The highest BCUT2D eigenvalue weighted by Gasteiger charge is 2.31. The molecule has 6 nitrogen and oxygen atoms in total. The van der Waals surface area contributed by atoms with Gasteiger partial charge in [0.2, 0.25) is 0 Å². The molecule has 1 fully saturated rings. The molecule has 1 aromatic rings. The van der Waals surface area contributed by atoms with Gasteiger partial charge in [0.25, 0.3) is 0 Å². The molecule has 0 amide bonds. The van der Waals surface area contributed by atoms with Gasteiger partial charge in [-0.25, -0.2) is 8.42 Å². The molecule has 1 aliphatic rings. The van der Waals surface area contributed by atoms with Crippen LogP contribution in [0.5, 0.6) is 0 Å². The molecule has 172 valence electrons. The second kappa shape index (κ2) is 13.5. The predicted molar refractivity (Wildman–Crippen MR) is 134 cm³/mol. The fraction of sp³-hybridized carbons (Fsp3) is 0.682. The first-order valence-electron chi connectivity index (χ1n) is 10.9. The smallest absolute Gasteiger partial charge is 0.191 e. The molecular weight excluding hydrogens is 513 g/mol. The maximum Gasteiger partial charge on any atom is 0.191 e. The van der Waals surface area contributed by atoms with Gasteiger partial charge in [-0.3, -0.25) is 4.99 Å². The minimum atomic E-state index is -3.37. The molecule has 1 atom stereocenters. The van der Waals surface area contributed by atoms with E-state index in [4.69, 9.17) is 4.99 Å². The summed E-state index contributed by atoms with van der Waals surface area (Å²) in [5.74, 6) is 0.685. The van der Waals surface area contributed by atoms with Crippen molar-refractivity contribution in [2.45, 2.75) is 69.7 Å². The van der Waals surface area contributed by atoms with E-state index in [1.165, 1.54) is 19.3 Å². The number of halogens is 1. The predicted octanol–water partition coefficient (Wildman–Crippen LogP) is 3.74. The maximum atomic E-state index is 12.8. The van der Waals surface area contributed by atoms with Crippen molar-refractivity contribution in [2.75, 3.05) is 25.4 Å². The fourth-order valence-corrected chi connectivity index (χ4v) is 5.65. The number of benzene rings is 1. The van der Waals surface area contributed by atoms with E-state index in [2.05, 4.69) is 10.6 Å². The van der Waals surface area contributed by atoms with Crippen LogP contribution in [0, 0.1) is 5.41 Å². The lowest BCUT2D eigenvalue weighted by atomic mass is 9.72. The van der Waals surface area contributed by atoms with E-state index < -0.39 is 9.84 Å². The van der Waals surface area contributed by atoms with Crippen LogP contribution in [0.1, 0.15) is 58.8 Å².